The first-order chi connectivity index (χ1) is 15.3. The van der Waals surface area contributed by atoms with Crippen LogP contribution in [0.2, 0.25) is 0 Å². The van der Waals surface area contributed by atoms with E-state index >= 15 is 0 Å². The Morgan fingerprint density at radius 3 is 1.94 bits per heavy atom. The second kappa shape index (κ2) is 12.1. The second-order valence-electron chi connectivity index (χ2n) is 7.19. The lowest BCUT2D eigenvalue weighted by Gasteiger charge is -2.43. The molecule has 0 aliphatic carbocycles. The van der Waals surface area contributed by atoms with E-state index in [0.717, 1.165) is 41.7 Å². The highest BCUT2D eigenvalue weighted by Gasteiger charge is 2.56. The van der Waals surface area contributed by atoms with E-state index in [2.05, 4.69) is 0 Å². The first-order valence-electron chi connectivity index (χ1n) is 9.90. The van der Waals surface area contributed by atoms with Gasteiger partial charge in [-0.2, -0.15) is 0 Å². The van der Waals surface area contributed by atoms with Gasteiger partial charge in [-0.05, 0) is 0 Å². The number of hydrogen-bond donors (Lipinski definition) is 0. The van der Waals surface area contributed by atoms with Gasteiger partial charge >= 0.3 is 41.6 Å². The van der Waals surface area contributed by atoms with E-state index in [1.54, 1.807) is 0 Å². The Morgan fingerprint density at radius 2 is 1.48 bits per heavy atom. The van der Waals surface area contributed by atoms with Crippen molar-refractivity contribution in [1.82, 2.24) is 0 Å². The number of ether oxygens (including phenoxy) is 7. The Labute approximate surface area is 189 Å². The maximum Gasteiger partial charge on any atom is 0.379 e. The minimum absolute atomic E-state index is 0.157. The lowest BCUT2D eigenvalue weighted by Crippen LogP contribution is -2.60. The number of rotatable bonds is 9. The van der Waals surface area contributed by atoms with Crippen LogP contribution >= 0.6 is 0 Å². The molecule has 13 nitrogen and oxygen atoms in total. The fourth-order valence-electron chi connectivity index (χ4n) is 3.33. The highest BCUT2D eigenvalue weighted by atomic mass is 16.8. The summed E-state index contributed by atoms with van der Waals surface area (Å²) in [6, 6.07) is 0. The van der Waals surface area contributed by atoms with E-state index in [-0.39, 0.29) is 6.42 Å². The maximum atomic E-state index is 12.6. The van der Waals surface area contributed by atoms with Crippen molar-refractivity contribution in [2.24, 2.45) is 0 Å². The molecule has 1 rings (SSSR count). The van der Waals surface area contributed by atoms with Crippen LogP contribution in [0.5, 0.6) is 0 Å². The average Bonchev–Trinajstić information content (AvgIpc) is 2.66. The molecule has 0 saturated carbocycles. The highest BCUT2D eigenvalue weighted by Crippen LogP contribution is 2.36. The molecule has 186 valence electrons. The standard InChI is InChI=1S/C20H28O13/c1-10(21)28-9-17(30-12(3)23)18(31-13(4)24)16-7-15(29-11(2)22)8-20(33-16,19(26)27-6)32-14(5)25/h15-18H,7-9H2,1-6H3/t15-,16-,17-,18+,20?/m1/s1. The lowest BCUT2D eigenvalue weighted by molar-refractivity contribution is -0.298. The molecule has 0 amide bonds. The molecule has 13 heteroatoms. The van der Waals surface area contributed by atoms with Gasteiger partial charge in [-0.15, -0.1) is 0 Å². The van der Waals surface area contributed by atoms with Crippen molar-refractivity contribution in [2.75, 3.05) is 13.7 Å². The third-order valence-corrected chi connectivity index (χ3v) is 4.27. The van der Waals surface area contributed by atoms with Crippen LogP contribution < -0.4 is 0 Å². The summed E-state index contributed by atoms with van der Waals surface area (Å²) in [7, 11) is 1.02. The quantitative estimate of drug-likeness (QED) is 0.321. The molecular weight excluding hydrogens is 448 g/mol. The van der Waals surface area contributed by atoms with Crippen LogP contribution in [0.1, 0.15) is 47.5 Å². The van der Waals surface area contributed by atoms with E-state index in [1.807, 2.05) is 0 Å². The van der Waals surface area contributed by atoms with Crippen LogP contribution in [0.25, 0.3) is 0 Å². The van der Waals surface area contributed by atoms with E-state index < -0.39 is 79.0 Å². The molecule has 1 unspecified atom stereocenters. The summed E-state index contributed by atoms with van der Waals surface area (Å²) in [6.45, 7) is 4.88. The molecule has 0 aromatic heterocycles. The molecule has 33 heavy (non-hydrogen) atoms. The van der Waals surface area contributed by atoms with Crippen molar-refractivity contribution in [1.29, 1.82) is 0 Å². The van der Waals surface area contributed by atoms with Gasteiger partial charge in [0, 0.05) is 41.0 Å². The van der Waals surface area contributed by atoms with E-state index in [4.69, 9.17) is 33.2 Å². The Kier molecular flexibility index (Phi) is 10.2. The summed E-state index contributed by atoms with van der Waals surface area (Å²) in [5.74, 6) is -7.43. The Balaban J connectivity index is 3.49. The molecule has 5 atom stereocenters. The van der Waals surface area contributed by atoms with Crippen LogP contribution in [-0.2, 0) is 61.9 Å². The van der Waals surface area contributed by atoms with Gasteiger partial charge in [0.05, 0.1) is 13.5 Å². The molecule has 1 aliphatic heterocycles. The zero-order valence-electron chi connectivity index (χ0n) is 19.2. The molecule has 0 aromatic carbocycles. The van der Waals surface area contributed by atoms with Gasteiger partial charge in [0.25, 0.3) is 0 Å². The molecule has 0 aromatic rings. The van der Waals surface area contributed by atoms with Crippen molar-refractivity contribution in [3.05, 3.63) is 0 Å². The van der Waals surface area contributed by atoms with Crippen molar-refractivity contribution < 1.29 is 61.9 Å². The van der Waals surface area contributed by atoms with Crippen molar-refractivity contribution in [3.8, 4) is 0 Å². The topological polar surface area (TPSA) is 167 Å². The molecular formula is C20H28O13. The fraction of sp³-hybridized carbons (Fsp3) is 0.700. The lowest BCUT2D eigenvalue weighted by atomic mass is 9.92. The molecule has 0 bridgehead atoms. The highest BCUT2D eigenvalue weighted by molar-refractivity contribution is 5.81. The minimum Gasteiger partial charge on any atom is -0.464 e. The van der Waals surface area contributed by atoms with Gasteiger partial charge < -0.3 is 33.2 Å². The summed E-state index contributed by atoms with van der Waals surface area (Å²) in [5, 5.41) is 0. The van der Waals surface area contributed by atoms with E-state index in [9.17, 15) is 28.8 Å². The van der Waals surface area contributed by atoms with Gasteiger partial charge in [0.15, 0.2) is 12.2 Å². The third kappa shape index (κ3) is 8.67. The second-order valence-corrected chi connectivity index (χ2v) is 7.19. The average molecular weight is 476 g/mol. The Morgan fingerprint density at radius 1 is 0.879 bits per heavy atom. The molecule has 0 radical (unpaired) electrons. The van der Waals surface area contributed by atoms with Gasteiger partial charge in [-0.3, -0.25) is 24.0 Å². The van der Waals surface area contributed by atoms with Gasteiger partial charge in [0.2, 0.25) is 0 Å². The first-order valence-corrected chi connectivity index (χ1v) is 9.90. The molecule has 1 fully saturated rings. The van der Waals surface area contributed by atoms with E-state index in [1.165, 1.54) is 0 Å². The zero-order valence-corrected chi connectivity index (χ0v) is 19.2. The molecule has 1 heterocycles. The van der Waals surface area contributed by atoms with Crippen LogP contribution in [0.15, 0.2) is 0 Å². The summed E-state index contributed by atoms with van der Waals surface area (Å²) < 4.78 is 36.2. The molecule has 0 N–H and O–H groups in total. The van der Waals surface area contributed by atoms with Crippen LogP contribution in [0.3, 0.4) is 0 Å². The molecule has 1 saturated heterocycles. The van der Waals surface area contributed by atoms with Crippen molar-refractivity contribution >= 4 is 35.8 Å². The summed E-state index contributed by atoms with van der Waals surface area (Å²) in [4.78, 5) is 70.7. The first kappa shape index (κ1) is 27.8. The predicted octanol–water partition coefficient (Wildman–Crippen LogP) is -0.0440. The van der Waals surface area contributed by atoms with Gasteiger partial charge in [0.1, 0.15) is 18.8 Å². The third-order valence-electron chi connectivity index (χ3n) is 4.27. The normalized spacial score (nSPS) is 23.8. The van der Waals surface area contributed by atoms with E-state index in [0.29, 0.717) is 0 Å². The zero-order chi connectivity index (χ0) is 25.3. The maximum absolute atomic E-state index is 12.6. The largest absolute Gasteiger partial charge is 0.464 e. The van der Waals surface area contributed by atoms with Crippen molar-refractivity contribution in [3.63, 3.8) is 0 Å². The minimum atomic E-state index is -2.36. The summed E-state index contributed by atoms with van der Waals surface area (Å²) >= 11 is 0. The van der Waals surface area contributed by atoms with Crippen LogP contribution in [0.4, 0.5) is 0 Å². The smallest absolute Gasteiger partial charge is 0.379 e. The van der Waals surface area contributed by atoms with Crippen molar-refractivity contribution in [2.45, 2.75) is 77.7 Å². The predicted molar refractivity (Wildman–Crippen MR) is 104 cm³/mol. The number of carbonyl (C=O) groups is 6. The Bertz CT molecular complexity index is 776. The van der Waals surface area contributed by atoms with Crippen LogP contribution in [0, 0.1) is 0 Å². The van der Waals surface area contributed by atoms with Crippen LogP contribution in [-0.4, -0.2) is 79.7 Å². The SMILES string of the molecule is COC(=O)C1(OC(C)=O)C[C@H](OC(C)=O)C[C@H]([C@H](OC(C)=O)[C@@H](COC(C)=O)OC(C)=O)O1. The summed E-state index contributed by atoms with van der Waals surface area (Å²) in [5.41, 5.74) is 0. The number of hydrogen-bond acceptors (Lipinski definition) is 13. The number of carbonyl (C=O) groups excluding carboxylic acids is 6. The molecule has 0 spiro atoms. The molecule has 1 aliphatic rings. The monoisotopic (exact) mass is 476 g/mol. The number of methoxy groups -OCH3 is 1. The number of esters is 6. The Hall–Kier alpha value is -3.22. The fourth-order valence-corrected chi connectivity index (χ4v) is 3.33. The van der Waals surface area contributed by atoms with Gasteiger partial charge in [-0.1, -0.05) is 0 Å². The summed E-state index contributed by atoms with van der Waals surface area (Å²) in [6.07, 6.45) is -5.78. The van der Waals surface area contributed by atoms with Gasteiger partial charge in [-0.25, -0.2) is 4.79 Å².